The van der Waals surface area contributed by atoms with Crippen molar-refractivity contribution in [2.45, 2.75) is 33.1 Å². The molecule has 0 radical (unpaired) electrons. The maximum atomic E-state index is 12.1. The summed E-state index contributed by atoms with van der Waals surface area (Å²) < 4.78 is 0. The van der Waals surface area contributed by atoms with E-state index >= 15 is 0 Å². The lowest BCUT2D eigenvalue weighted by Crippen LogP contribution is -2.26. The van der Waals surface area contributed by atoms with Crippen LogP contribution in [0.2, 0.25) is 5.02 Å². The molecule has 2 nitrogen and oxygen atoms in total. The molecule has 0 bridgehead atoms. The molecule has 3 rings (SSSR count). The van der Waals surface area contributed by atoms with Gasteiger partial charge >= 0.3 is 0 Å². The summed E-state index contributed by atoms with van der Waals surface area (Å²) in [6, 6.07) is 3.51. The predicted molar refractivity (Wildman–Crippen MR) is 80.9 cm³/mol. The van der Waals surface area contributed by atoms with Crippen molar-refractivity contribution in [3.05, 3.63) is 46.0 Å². The zero-order valence-corrected chi connectivity index (χ0v) is 12.4. The van der Waals surface area contributed by atoms with Crippen molar-refractivity contribution in [1.82, 2.24) is 0 Å². The Morgan fingerprint density at radius 2 is 2.15 bits per heavy atom. The summed E-state index contributed by atoms with van der Waals surface area (Å²) in [4.78, 5) is 12.1. The highest BCUT2D eigenvalue weighted by Crippen LogP contribution is 2.56. The van der Waals surface area contributed by atoms with Crippen molar-refractivity contribution in [3.8, 4) is 5.75 Å². The summed E-state index contributed by atoms with van der Waals surface area (Å²) in [6.45, 7) is 3.91. The topological polar surface area (TPSA) is 37.3 Å². The van der Waals surface area contributed by atoms with Gasteiger partial charge in [-0.2, -0.15) is 0 Å². The molecule has 0 saturated heterocycles. The fraction of sp³-hybridized carbons (Fsp3) is 0.353. The molecule has 0 spiro atoms. The Bertz CT molecular complexity index is 670. The van der Waals surface area contributed by atoms with Crippen LogP contribution in [0.4, 0.5) is 0 Å². The maximum Gasteiger partial charge on any atom is 0.158 e. The van der Waals surface area contributed by atoms with Crippen LogP contribution in [0.25, 0.3) is 5.57 Å². The highest BCUT2D eigenvalue weighted by molar-refractivity contribution is 6.33. The van der Waals surface area contributed by atoms with E-state index < -0.39 is 0 Å². The van der Waals surface area contributed by atoms with Gasteiger partial charge in [0.1, 0.15) is 5.75 Å². The number of phenols is 1. The Balaban J connectivity index is 2.32. The van der Waals surface area contributed by atoms with Crippen LogP contribution in [0, 0.1) is 5.41 Å². The molecule has 0 saturated carbocycles. The van der Waals surface area contributed by atoms with E-state index in [1.54, 1.807) is 6.07 Å². The molecule has 2 aliphatic rings. The molecule has 0 heterocycles. The predicted octanol–water partition coefficient (Wildman–Crippen LogP) is 4.30. The average Bonchev–Trinajstić information content (AvgIpc) is 2.75. The number of benzene rings is 1. The van der Waals surface area contributed by atoms with E-state index in [0.717, 1.165) is 35.1 Å². The minimum absolute atomic E-state index is 0.115. The highest BCUT2D eigenvalue weighted by atomic mass is 35.5. The van der Waals surface area contributed by atoms with E-state index in [0.29, 0.717) is 11.4 Å². The molecule has 0 aliphatic heterocycles. The van der Waals surface area contributed by atoms with Gasteiger partial charge in [-0.3, -0.25) is 4.79 Å². The first kappa shape index (κ1) is 13.4. The Labute approximate surface area is 123 Å². The van der Waals surface area contributed by atoms with Crippen LogP contribution in [0.15, 0.2) is 29.9 Å². The lowest BCUT2D eigenvalue weighted by molar-refractivity contribution is -0.116. The Morgan fingerprint density at radius 1 is 1.40 bits per heavy atom. The minimum atomic E-state index is -0.132. The molecule has 1 atom stereocenters. The van der Waals surface area contributed by atoms with Gasteiger partial charge in [-0.15, -0.1) is 0 Å². The molecule has 3 heteroatoms. The van der Waals surface area contributed by atoms with Gasteiger partial charge in [0, 0.05) is 11.8 Å². The number of allylic oxidation sites excluding steroid dienone is 4. The molecule has 0 aromatic heterocycles. The summed E-state index contributed by atoms with van der Waals surface area (Å²) in [7, 11) is 0. The second-order valence-corrected chi connectivity index (χ2v) is 6.06. The second-order valence-electron chi connectivity index (χ2n) is 5.68. The number of hydrogen-bond acceptors (Lipinski definition) is 2. The molecule has 2 aliphatic carbocycles. The van der Waals surface area contributed by atoms with Gasteiger partial charge < -0.3 is 5.11 Å². The van der Waals surface area contributed by atoms with Crippen molar-refractivity contribution in [3.63, 3.8) is 0 Å². The number of phenolic OH excluding ortho intramolecular Hbond substituents is 1. The first-order valence-electron chi connectivity index (χ1n) is 6.89. The number of carbonyl (C=O) groups is 1. The third-order valence-corrected chi connectivity index (χ3v) is 4.98. The van der Waals surface area contributed by atoms with Crippen LogP contribution in [0.5, 0.6) is 5.75 Å². The SMILES string of the molecule is CC=CC12CCC(=O)C(C)=C1c1ccc(O)c(Cl)c1C2. The first-order chi connectivity index (χ1) is 9.50. The van der Waals surface area contributed by atoms with Crippen LogP contribution in [-0.2, 0) is 11.2 Å². The molecule has 0 fully saturated rings. The molecule has 0 amide bonds. The summed E-state index contributed by atoms with van der Waals surface area (Å²) in [5.41, 5.74) is 3.80. The van der Waals surface area contributed by atoms with Crippen LogP contribution >= 0.6 is 11.6 Å². The van der Waals surface area contributed by atoms with Crippen LogP contribution in [0.1, 0.15) is 37.8 Å². The average molecular weight is 289 g/mol. The summed E-state index contributed by atoms with van der Waals surface area (Å²) in [5, 5.41) is 10.2. The lowest BCUT2D eigenvalue weighted by atomic mass is 9.70. The smallest absolute Gasteiger partial charge is 0.158 e. The zero-order valence-electron chi connectivity index (χ0n) is 11.7. The number of ketones is 1. The van der Waals surface area contributed by atoms with Crippen molar-refractivity contribution in [1.29, 1.82) is 0 Å². The van der Waals surface area contributed by atoms with Crippen molar-refractivity contribution in [2.75, 3.05) is 0 Å². The van der Waals surface area contributed by atoms with Crippen LogP contribution in [0.3, 0.4) is 0 Å². The van der Waals surface area contributed by atoms with Crippen LogP contribution < -0.4 is 0 Å². The number of carbonyl (C=O) groups excluding carboxylic acids is 1. The summed E-state index contributed by atoms with van der Waals surface area (Å²) in [5.74, 6) is 0.335. The monoisotopic (exact) mass is 288 g/mol. The quantitative estimate of drug-likeness (QED) is 0.782. The highest BCUT2D eigenvalue weighted by Gasteiger charge is 2.45. The van der Waals surface area contributed by atoms with Gasteiger partial charge in [-0.1, -0.05) is 29.8 Å². The Morgan fingerprint density at radius 3 is 2.85 bits per heavy atom. The maximum absolute atomic E-state index is 12.1. The van der Waals surface area contributed by atoms with E-state index in [2.05, 4.69) is 6.08 Å². The Kier molecular flexibility index (Phi) is 3.02. The van der Waals surface area contributed by atoms with E-state index in [1.807, 2.05) is 26.0 Å². The van der Waals surface area contributed by atoms with E-state index in [1.165, 1.54) is 0 Å². The molecule has 20 heavy (non-hydrogen) atoms. The third-order valence-electron chi connectivity index (χ3n) is 4.56. The molecule has 1 N–H and O–H groups in total. The number of halogens is 1. The minimum Gasteiger partial charge on any atom is -0.506 e. The fourth-order valence-corrected chi connectivity index (χ4v) is 3.92. The van der Waals surface area contributed by atoms with Crippen molar-refractivity contribution < 1.29 is 9.90 Å². The molecule has 104 valence electrons. The Hall–Kier alpha value is -1.54. The number of fused-ring (bicyclic) bond motifs is 3. The third kappa shape index (κ3) is 1.68. The van der Waals surface area contributed by atoms with E-state index in [9.17, 15) is 9.90 Å². The lowest BCUT2D eigenvalue weighted by Gasteiger charge is -2.33. The van der Waals surface area contributed by atoms with E-state index in [4.69, 9.17) is 11.6 Å². The zero-order chi connectivity index (χ0) is 14.5. The molecule has 1 aromatic rings. The number of hydrogen-bond donors (Lipinski definition) is 1. The largest absolute Gasteiger partial charge is 0.506 e. The number of Topliss-reactive ketones (excluding diaryl/α,β-unsaturated/α-hetero) is 1. The second kappa shape index (κ2) is 4.49. The van der Waals surface area contributed by atoms with Gasteiger partial charge in [0.05, 0.1) is 5.02 Å². The number of rotatable bonds is 1. The van der Waals surface area contributed by atoms with Crippen molar-refractivity contribution >= 4 is 23.0 Å². The van der Waals surface area contributed by atoms with Gasteiger partial charge in [0.2, 0.25) is 0 Å². The molecular weight excluding hydrogens is 272 g/mol. The molecule has 1 unspecified atom stereocenters. The van der Waals surface area contributed by atoms with Gasteiger partial charge in [-0.05, 0) is 55.0 Å². The summed E-state index contributed by atoms with van der Waals surface area (Å²) >= 11 is 6.27. The standard InChI is InChI=1S/C17H17ClO2/c1-3-7-17-8-6-13(19)10(2)15(17)11-4-5-14(20)16(18)12(11)9-17/h3-5,7,20H,6,8-9H2,1-2H3. The van der Waals surface area contributed by atoms with Gasteiger partial charge in [0.25, 0.3) is 0 Å². The summed E-state index contributed by atoms with van der Waals surface area (Å²) in [6.07, 6.45) is 6.39. The van der Waals surface area contributed by atoms with Gasteiger partial charge in [-0.25, -0.2) is 0 Å². The fourth-order valence-electron chi connectivity index (χ4n) is 3.68. The van der Waals surface area contributed by atoms with Crippen LogP contribution in [-0.4, -0.2) is 10.9 Å². The number of aromatic hydroxyl groups is 1. The van der Waals surface area contributed by atoms with E-state index in [-0.39, 0.29) is 16.9 Å². The molecule has 1 aromatic carbocycles. The van der Waals surface area contributed by atoms with Gasteiger partial charge in [0.15, 0.2) is 5.78 Å². The molecular formula is C17H17ClO2. The normalized spacial score (nSPS) is 25.2. The first-order valence-corrected chi connectivity index (χ1v) is 7.27. The van der Waals surface area contributed by atoms with Crippen molar-refractivity contribution in [2.24, 2.45) is 5.41 Å².